The van der Waals surface area contributed by atoms with Gasteiger partial charge in [0.2, 0.25) is 0 Å². The van der Waals surface area contributed by atoms with Gasteiger partial charge < -0.3 is 20.3 Å². The van der Waals surface area contributed by atoms with Gasteiger partial charge in [0.25, 0.3) is 17.6 Å². The number of hydrogen-bond acceptors (Lipinski definition) is 4. The number of carbonyl (C=O) groups is 3. The molecule has 3 N–H and O–H groups in total. The minimum Gasteiger partial charge on any atom is -0.393 e. The maximum Gasteiger partial charge on any atom is 0.294 e. The van der Waals surface area contributed by atoms with Crippen LogP contribution in [0.5, 0.6) is 0 Å². The van der Waals surface area contributed by atoms with Crippen molar-refractivity contribution in [1.29, 1.82) is 0 Å². The molecule has 1 aliphatic carbocycles. The topological polar surface area (TPSA) is 100 Å². The number of carbonyl (C=O) groups excluding carboxylic acids is 3. The molecular formula is C23H28ClN3O4. The third kappa shape index (κ3) is 4.83. The highest BCUT2D eigenvalue weighted by atomic mass is 35.5. The van der Waals surface area contributed by atoms with E-state index in [0.29, 0.717) is 53.2 Å². The number of aromatic nitrogens is 1. The van der Waals surface area contributed by atoms with Gasteiger partial charge in [0, 0.05) is 29.0 Å². The molecule has 0 aliphatic heterocycles. The fraction of sp³-hybridized carbons (Fsp3) is 0.435. The van der Waals surface area contributed by atoms with Crippen molar-refractivity contribution in [1.82, 2.24) is 9.88 Å². The maximum absolute atomic E-state index is 13.0. The van der Waals surface area contributed by atoms with Gasteiger partial charge in [-0.1, -0.05) is 17.7 Å². The number of aliphatic hydroxyl groups is 1. The average molecular weight is 446 g/mol. The lowest BCUT2D eigenvalue weighted by molar-refractivity contribution is -0.119. The molecule has 3 rings (SSSR count). The number of rotatable bonds is 5. The summed E-state index contributed by atoms with van der Waals surface area (Å²) in [4.78, 5) is 38.7. The maximum atomic E-state index is 13.0. The molecule has 1 aromatic carbocycles. The van der Waals surface area contributed by atoms with Crippen LogP contribution in [0.3, 0.4) is 0 Å². The first-order valence-electron chi connectivity index (χ1n) is 10.3. The molecule has 166 valence electrons. The van der Waals surface area contributed by atoms with E-state index in [1.807, 2.05) is 6.92 Å². The largest absolute Gasteiger partial charge is 0.393 e. The third-order valence-electron chi connectivity index (χ3n) is 6.14. The Hall–Kier alpha value is -2.64. The highest BCUT2D eigenvalue weighted by Gasteiger charge is 2.35. The van der Waals surface area contributed by atoms with Gasteiger partial charge in [-0.15, -0.1) is 0 Å². The molecule has 1 aliphatic rings. The zero-order chi connectivity index (χ0) is 22.9. The molecule has 1 heterocycles. The third-order valence-corrected chi connectivity index (χ3v) is 6.37. The molecule has 0 saturated heterocycles. The summed E-state index contributed by atoms with van der Waals surface area (Å²) in [5.74, 6) is -1.76. The zero-order valence-corrected chi connectivity index (χ0v) is 19.0. The number of nitrogens with one attached hydrogen (secondary N) is 2. The highest BCUT2D eigenvalue weighted by molar-refractivity contribution is 6.43. The fourth-order valence-electron chi connectivity index (χ4n) is 4.20. The average Bonchev–Trinajstić information content (AvgIpc) is 2.92. The van der Waals surface area contributed by atoms with Crippen molar-refractivity contribution < 1.29 is 19.5 Å². The summed E-state index contributed by atoms with van der Waals surface area (Å²) in [7, 11) is 1.66. The van der Waals surface area contributed by atoms with E-state index in [4.69, 9.17) is 11.6 Å². The van der Waals surface area contributed by atoms with Crippen LogP contribution in [0.1, 0.15) is 64.7 Å². The first-order chi connectivity index (χ1) is 14.5. The lowest BCUT2D eigenvalue weighted by Crippen LogP contribution is -2.51. The second kappa shape index (κ2) is 8.85. The Morgan fingerprint density at radius 3 is 2.45 bits per heavy atom. The van der Waals surface area contributed by atoms with Crippen LogP contribution in [0.15, 0.2) is 24.3 Å². The quantitative estimate of drug-likeness (QED) is 0.484. The molecular weight excluding hydrogens is 418 g/mol. The molecule has 8 heteroatoms. The molecule has 31 heavy (non-hydrogen) atoms. The number of benzene rings is 1. The molecule has 1 saturated carbocycles. The van der Waals surface area contributed by atoms with Crippen LogP contribution in [-0.4, -0.2) is 38.9 Å². The van der Waals surface area contributed by atoms with Crippen molar-refractivity contribution in [3.63, 3.8) is 0 Å². The number of Topliss-reactive ketones (excluding diaryl/α,β-unsaturated/α-hetero) is 1. The molecule has 0 bridgehead atoms. The predicted octanol–water partition coefficient (Wildman–Crippen LogP) is 3.54. The minimum atomic E-state index is -0.704. The summed E-state index contributed by atoms with van der Waals surface area (Å²) in [6.45, 7) is 5.29. The number of anilines is 1. The summed E-state index contributed by atoms with van der Waals surface area (Å²) >= 11 is 5.98. The van der Waals surface area contributed by atoms with Crippen LogP contribution in [0.25, 0.3) is 0 Å². The van der Waals surface area contributed by atoms with E-state index in [-0.39, 0.29) is 17.7 Å². The number of nitrogens with zero attached hydrogens (tertiary/aromatic N) is 1. The zero-order valence-electron chi connectivity index (χ0n) is 18.2. The van der Waals surface area contributed by atoms with Crippen molar-refractivity contribution in [3.8, 4) is 0 Å². The van der Waals surface area contributed by atoms with E-state index in [1.165, 1.54) is 0 Å². The van der Waals surface area contributed by atoms with Crippen molar-refractivity contribution >= 4 is 34.9 Å². The van der Waals surface area contributed by atoms with Gasteiger partial charge in [0.1, 0.15) is 0 Å². The molecule has 1 aromatic heterocycles. The van der Waals surface area contributed by atoms with Crippen LogP contribution in [0.4, 0.5) is 5.69 Å². The Morgan fingerprint density at radius 2 is 1.84 bits per heavy atom. The molecule has 0 unspecified atom stereocenters. The number of halogens is 1. The van der Waals surface area contributed by atoms with Gasteiger partial charge in [-0.05, 0) is 70.2 Å². The van der Waals surface area contributed by atoms with Gasteiger partial charge in [-0.3, -0.25) is 14.4 Å². The number of amides is 2. The lowest BCUT2D eigenvalue weighted by atomic mass is 9.82. The van der Waals surface area contributed by atoms with Gasteiger partial charge in [-0.2, -0.15) is 0 Å². The molecule has 0 atom stereocenters. The second-order valence-corrected chi connectivity index (χ2v) is 8.97. The molecule has 2 aromatic rings. The standard InChI is InChI=1S/C23H28ClN3O4/c1-13-18(21(30)25-16-7-5-6-15(24)12-16)14(2)27(4)19(13)20(29)22(31)26-23(3)10-8-17(28)9-11-23/h5-7,12,17,28H,8-11H2,1-4H3,(H,25,30)(H,26,31). The molecule has 1 fully saturated rings. The first kappa shape index (κ1) is 23.0. The predicted molar refractivity (Wildman–Crippen MR) is 120 cm³/mol. The van der Waals surface area contributed by atoms with Gasteiger partial charge in [0.15, 0.2) is 0 Å². The Morgan fingerprint density at radius 1 is 1.19 bits per heavy atom. The van der Waals surface area contributed by atoms with E-state index >= 15 is 0 Å². The molecule has 2 amide bonds. The molecule has 7 nitrogen and oxygen atoms in total. The van der Waals surface area contributed by atoms with Crippen LogP contribution in [-0.2, 0) is 11.8 Å². The Balaban J connectivity index is 1.83. The second-order valence-electron chi connectivity index (χ2n) is 8.53. The smallest absolute Gasteiger partial charge is 0.294 e. The van der Waals surface area contributed by atoms with Crippen molar-refractivity contribution in [3.05, 3.63) is 51.8 Å². The van der Waals surface area contributed by atoms with E-state index in [2.05, 4.69) is 10.6 Å². The minimum absolute atomic E-state index is 0.186. The van der Waals surface area contributed by atoms with E-state index in [1.54, 1.807) is 49.7 Å². The van der Waals surface area contributed by atoms with Crippen molar-refractivity contribution in [2.75, 3.05) is 5.32 Å². The normalized spacial score (nSPS) is 20.9. The Bertz CT molecular complexity index is 1040. The van der Waals surface area contributed by atoms with Gasteiger partial charge >= 0.3 is 0 Å². The van der Waals surface area contributed by atoms with Crippen molar-refractivity contribution in [2.24, 2.45) is 7.05 Å². The number of hydrogen-bond donors (Lipinski definition) is 3. The van der Waals surface area contributed by atoms with Crippen LogP contribution in [0.2, 0.25) is 5.02 Å². The van der Waals surface area contributed by atoms with Crippen LogP contribution in [0, 0.1) is 13.8 Å². The van der Waals surface area contributed by atoms with Crippen LogP contribution < -0.4 is 10.6 Å². The summed E-state index contributed by atoms with van der Waals surface area (Å²) < 4.78 is 1.58. The molecule has 0 spiro atoms. The summed E-state index contributed by atoms with van der Waals surface area (Å²) in [5.41, 5.74) is 1.57. The SMILES string of the molecule is Cc1c(C(=O)Nc2cccc(Cl)c2)c(C)n(C)c1C(=O)C(=O)NC1(C)CCC(O)CC1. The first-order valence-corrected chi connectivity index (χ1v) is 10.7. The van der Waals surface area contributed by atoms with E-state index in [0.717, 1.165) is 0 Å². The van der Waals surface area contributed by atoms with E-state index in [9.17, 15) is 19.5 Å². The summed E-state index contributed by atoms with van der Waals surface area (Å²) in [6.07, 6.45) is 2.01. The molecule has 0 radical (unpaired) electrons. The summed E-state index contributed by atoms with van der Waals surface area (Å²) in [6, 6.07) is 6.79. The Labute approximate surface area is 186 Å². The highest BCUT2D eigenvalue weighted by Crippen LogP contribution is 2.29. The summed E-state index contributed by atoms with van der Waals surface area (Å²) in [5, 5.41) is 15.8. The van der Waals surface area contributed by atoms with Crippen molar-refractivity contribution in [2.45, 2.75) is 58.1 Å². The lowest BCUT2D eigenvalue weighted by Gasteiger charge is -2.36. The van der Waals surface area contributed by atoms with Gasteiger partial charge in [0.05, 0.1) is 17.4 Å². The van der Waals surface area contributed by atoms with Crippen LogP contribution >= 0.6 is 11.6 Å². The Kier molecular flexibility index (Phi) is 6.57. The number of aliphatic hydroxyl groups excluding tert-OH is 1. The van der Waals surface area contributed by atoms with Gasteiger partial charge in [-0.25, -0.2) is 0 Å². The monoisotopic (exact) mass is 445 g/mol. The fourth-order valence-corrected chi connectivity index (χ4v) is 4.39. The van der Waals surface area contributed by atoms with E-state index < -0.39 is 17.2 Å². The number of ketones is 1.